The maximum Gasteiger partial charge on any atom is 0.224 e. The van der Waals surface area contributed by atoms with Crippen LogP contribution in [0.25, 0.3) is 0 Å². The second-order valence-electron chi connectivity index (χ2n) is 7.16. The van der Waals surface area contributed by atoms with Crippen LogP contribution >= 0.6 is 11.6 Å². The molecule has 2 N–H and O–H groups in total. The highest BCUT2D eigenvalue weighted by Crippen LogP contribution is 2.30. The summed E-state index contributed by atoms with van der Waals surface area (Å²) in [4.78, 5) is 14.2. The van der Waals surface area contributed by atoms with Crippen molar-refractivity contribution in [1.29, 1.82) is 0 Å². The number of amides is 1. The average molecular weight is 313 g/mol. The molecule has 1 aromatic heterocycles. The molecule has 6 heteroatoms. The van der Waals surface area contributed by atoms with Crippen LogP contribution in [-0.4, -0.2) is 39.7 Å². The molecule has 2 heterocycles. The lowest BCUT2D eigenvalue weighted by Gasteiger charge is -2.24. The Morgan fingerprint density at radius 1 is 1.48 bits per heavy atom. The van der Waals surface area contributed by atoms with Crippen LogP contribution in [0.5, 0.6) is 0 Å². The first-order chi connectivity index (χ1) is 9.74. The van der Waals surface area contributed by atoms with Crippen LogP contribution in [0.1, 0.15) is 33.6 Å². The van der Waals surface area contributed by atoms with Crippen molar-refractivity contribution >= 4 is 17.5 Å². The van der Waals surface area contributed by atoms with E-state index in [1.54, 1.807) is 17.1 Å². The molecule has 1 aromatic rings. The number of halogens is 1. The first kappa shape index (κ1) is 16.3. The highest BCUT2D eigenvalue weighted by molar-refractivity contribution is 6.30. The topological polar surface area (TPSA) is 64.2 Å². The summed E-state index contributed by atoms with van der Waals surface area (Å²) in [6, 6.07) is 0.0901. The number of carbonyl (C=O) groups is 1. The zero-order valence-corrected chi connectivity index (χ0v) is 13.8. The van der Waals surface area contributed by atoms with Gasteiger partial charge in [-0.2, -0.15) is 5.10 Å². The number of aryl methyl sites for hydroxylation is 1. The molecule has 0 aliphatic carbocycles. The molecule has 1 aliphatic rings. The molecule has 1 amide bonds. The van der Waals surface area contributed by atoms with E-state index in [1.807, 2.05) is 4.90 Å². The maximum absolute atomic E-state index is 12.3. The Hall–Kier alpha value is -1.07. The van der Waals surface area contributed by atoms with E-state index in [2.05, 4.69) is 25.9 Å². The third-order valence-electron chi connectivity index (χ3n) is 3.88. The fourth-order valence-corrected chi connectivity index (χ4v) is 3.09. The zero-order chi connectivity index (χ0) is 15.6. The van der Waals surface area contributed by atoms with Crippen LogP contribution in [0.3, 0.4) is 0 Å². The maximum atomic E-state index is 12.3. The fraction of sp³-hybridized carbons (Fsp3) is 0.733. The van der Waals surface area contributed by atoms with Gasteiger partial charge in [-0.15, -0.1) is 0 Å². The van der Waals surface area contributed by atoms with Crippen molar-refractivity contribution in [1.82, 2.24) is 14.7 Å². The van der Waals surface area contributed by atoms with Gasteiger partial charge >= 0.3 is 0 Å². The molecule has 0 unspecified atom stereocenters. The lowest BCUT2D eigenvalue weighted by Crippen LogP contribution is -2.33. The average Bonchev–Trinajstić information content (AvgIpc) is 2.92. The van der Waals surface area contributed by atoms with Gasteiger partial charge < -0.3 is 10.6 Å². The van der Waals surface area contributed by atoms with E-state index in [1.165, 1.54) is 0 Å². The number of hydrogen-bond donors (Lipinski definition) is 1. The summed E-state index contributed by atoms with van der Waals surface area (Å²) < 4.78 is 1.70. The normalized spacial score (nSPS) is 22.8. The number of hydrogen-bond acceptors (Lipinski definition) is 3. The summed E-state index contributed by atoms with van der Waals surface area (Å²) >= 11 is 5.81. The molecule has 0 saturated carbocycles. The van der Waals surface area contributed by atoms with E-state index in [9.17, 15) is 4.79 Å². The Balaban J connectivity index is 1.83. The quantitative estimate of drug-likeness (QED) is 0.926. The number of nitrogens with two attached hydrogens (primary N) is 1. The van der Waals surface area contributed by atoms with Crippen molar-refractivity contribution in [2.24, 2.45) is 17.1 Å². The smallest absolute Gasteiger partial charge is 0.224 e. The first-order valence-corrected chi connectivity index (χ1v) is 7.84. The highest BCUT2D eigenvalue weighted by atomic mass is 35.5. The molecule has 0 bridgehead atoms. The lowest BCUT2D eigenvalue weighted by molar-refractivity contribution is -0.130. The van der Waals surface area contributed by atoms with Gasteiger partial charge in [0.05, 0.1) is 11.2 Å². The van der Waals surface area contributed by atoms with Gasteiger partial charge in [-0.25, -0.2) is 0 Å². The fourth-order valence-electron chi connectivity index (χ4n) is 2.93. The Morgan fingerprint density at radius 2 is 2.19 bits per heavy atom. The van der Waals surface area contributed by atoms with E-state index in [-0.39, 0.29) is 17.4 Å². The van der Waals surface area contributed by atoms with Gasteiger partial charge in [-0.05, 0) is 17.8 Å². The number of carbonyl (C=O) groups excluding carboxylic acids is 1. The van der Waals surface area contributed by atoms with Crippen molar-refractivity contribution in [3.63, 3.8) is 0 Å². The highest BCUT2D eigenvalue weighted by Gasteiger charge is 2.34. The van der Waals surface area contributed by atoms with E-state index in [4.69, 9.17) is 17.3 Å². The molecular weight excluding hydrogens is 288 g/mol. The summed E-state index contributed by atoms with van der Waals surface area (Å²) in [6.07, 6.45) is 4.80. The minimum absolute atomic E-state index is 0.0901. The van der Waals surface area contributed by atoms with Gasteiger partial charge in [0.25, 0.3) is 0 Å². The lowest BCUT2D eigenvalue weighted by atomic mass is 9.83. The minimum atomic E-state index is 0.0901. The van der Waals surface area contributed by atoms with Gasteiger partial charge in [0.15, 0.2) is 0 Å². The Bertz CT molecular complexity index is 494. The van der Waals surface area contributed by atoms with Crippen LogP contribution in [0.2, 0.25) is 5.02 Å². The molecule has 0 spiro atoms. The molecule has 1 saturated heterocycles. The molecular formula is C15H25ClN4O. The zero-order valence-electron chi connectivity index (χ0n) is 13.1. The molecule has 2 atom stereocenters. The number of likely N-dealkylation sites (tertiary alicyclic amines) is 1. The van der Waals surface area contributed by atoms with Gasteiger partial charge in [0, 0.05) is 38.3 Å². The predicted octanol–water partition coefficient (Wildman–Crippen LogP) is 2.15. The summed E-state index contributed by atoms with van der Waals surface area (Å²) in [5.74, 6) is 0.543. The second kappa shape index (κ2) is 6.36. The van der Waals surface area contributed by atoms with E-state index < -0.39 is 0 Å². The number of nitrogens with zero attached hydrogens (tertiary/aromatic N) is 3. The summed E-state index contributed by atoms with van der Waals surface area (Å²) in [5.41, 5.74) is 6.44. The number of aromatic nitrogens is 2. The Kier molecular flexibility index (Phi) is 4.94. The molecule has 118 valence electrons. The van der Waals surface area contributed by atoms with Crippen LogP contribution < -0.4 is 5.73 Å². The third kappa shape index (κ3) is 4.71. The minimum Gasteiger partial charge on any atom is -0.341 e. The molecule has 0 aromatic carbocycles. The SMILES string of the molecule is CC(C)(C)C[C@@H]1CN(C(=O)CCn2cc(Cl)cn2)C[C@H]1N. The van der Waals surface area contributed by atoms with Gasteiger partial charge in [-0.3, -0.25) is 9.48 Å². The van der Waals surface area contributed by atoms with Gasteiger partial charge in [-0.1, -0.05) is 32.4 Å². The second-order valence-corrected chi connectivity index (χ2v) is 7.60. The molecule has 1 fully saturated rings. The van der Waals surface area contributed by atoms with Gasteiger partial charge in [0.1, 0.15) is 0 Å². The Labute approximate surface area is 131 Å². The largest absolute Gasteiger partial charge is 0.341 e. The van der Waals surface area contributed by atoms with Crippen molar-refractivity contribution in [3.8, 4) is 0 Å². The van der Waals surface area contributed by atoms with Gasteiger partial charge in [0.2, 0.25) is 5.91 Å². The van der Waals surface area contributed by atoms with Crippen LogP contribution in [-0.2, 0) is 11.3 Å². The molecule has 1 aliphatic heterocycles. The van der Waals surface area contributed by atoms with E-state index in [0.717, 1.165) is 13.0 Å². The van der Waals surface area contributed by atoms with E-state index in [0.29, 0.717) is 30.5 Å². The summed E-state index contributed by atoms with van der Waals surface area (Å²) in [7, 11) is 0. The third-order valence-corrected chi connectivity index (χ3v) is 4.07. The molecule has 21 heavy (non-hydrogen) atoms. The molecule has 2 rings (SSSR count). The summed E-state index contributed by atoms with van der Waals surface area (Å²) in [6.45, 7) is 8.64. The monoisotopic (exact) mass is 312 g/mol. The summed E-state index contributed by atoms with van der Waals surface area (Å²) in [5, 5.41) is 4.68. The van der Waals surface area contributed by atoms with Crippen LogP contribution in [0, 0.1) is 11.3 Å². The van der Waals surface area contributed by atoms with E-state index >= 15 is 0 Å². The predicted molar refractivity (Wildman–Crippen MR) is 84.0 cm³/mol. The molecule has 5 nitrogen and oxygen atoms in total. The van der Waals surface area contributed by atoms with Crippen molar-refractivity contribution < 1.29 is 4.79 Å². The van der Waals surface area contributed by atoms with Crippen molar-refractivity contribution in [3.05, 3.63) is 17.4 Å². The van der Waals surface area contributed by atoms with Crippen LogP contribution in [0.15, 0.2) is 12.4 Å². The Morgan fingerprint density at radius 3 is 2.76 bits per heavy atom. The standard InChI is InChI=1S/C15H25ClN4O/c1-15(2,3)6-11-8-19(10-13(11)17)14(21)4-5-20-9-12(16)7-18-20/h7,9,11,13H,4-6,8,10,17H2,1-3H3/t11-,13-/m1/s1. The van der Waals surface area contributed by atoms with Crippen LogP contribution in [0.4, 0.5) is 0 Å². The van der Waals surface area contributed by atoms with Crippen molar-refractivity contribution in [2.75, 3.05) is 13.1 Å². The molecule has 0 radical (unpaired) electrons. The van der Waals surface area contributed by atoms with Crippen molar-refractivity contribution in [2.45, 2.75) is 46.2 Å². The first-order valence-electron chi connectivity index (χ1n) is 7.46. The number of rotatable bonds is 4.